The lowest BCUT2D eigenvalue weighted by Gasteiger charge is -2.30. The second-order valence-electron chi connectivity index (χ2n) is 4.13. The summed E-state index contributed by atoms with van der Waals surface area (Å²) in [5.74, 6) is -1.91. The van der Waals surface area contributed by atoms with Crippen LogP contribution >= 0.6 is 0 Å². The van der Waals surface area contributed by atoms with Gasteiger partial charge in [0.15, 0.2) is 12.2 Å². The van der Waals surface area contributed by atoms with Gasteiger partial charge in [0.1, 0.15) is 6.10 Å². The predicted molar refractivity (Wildman–Crippen MR) is 67.4 cm³/mol. The molecular formula is C12H21NO7. The minimum atomic E-state index is -1.13. The van der Waals surface area contributed by atoms with Crippen LogP contribution < -0.4 is 5.73 Å². The van der Waals surface area contributed by atoms with Crippen LogP contribution in [0.1, 0.15) is 27.2 Å². The number of aliphatic hydroxyl groups excluding tert-OH is 1. The van der Waals surface area contributed by atoms with Gasteiger partial charge in [-0.05, 0) is 6.54 Å². The average molecular weight is 291 g/mol. The first-order chi connectivity index (χ1) is 9.31. The number of aliphatic hydroxyl groups is 1. The molecule has 116 valence electrons. The summed E-state index contributed by atoms with van der Waals surface area (Å²) in [5, 5.41) is 9.27. The summed E-state index contributed by atoms with van der Waals surface area (Å²) in [6.07, 6.45) is -2.96. The number of nitrogens with two attached hydrogens (primary N) is 1. The van der Waals surface area contributed by atoms with Crippen molar-refractivity contribution in [2.24, 2.45) is 5.73 Å². The van der Waals surface area contributed by atoms with E-state index in [1.54, 1.807) is 0 Å². The lowest BCUT2D eigenvalue weighted by molar-refractivity contribution is -0.186. The van der Waals surface area contributed by atoms with Gasteiger partial charge in [0.25, 0.3) is 0 Å². The zero-order chi connectivity index (χ0) is 15.7. The molecule has 0 aromatic heterocycles. The van der Waals surface area contributed by atoms with E-state index in [-0.39, 0.29) is 13.0 Å². The zero-order valence-corrected chi connectivity index (χ0v) is 11.8. The monoisotopic (exact) mass is 291 g/mol. The summed E-state index contributed by atoms with van der Waals surface area (Å²) in [7, 11) is 0. The predicted octanol–water partition coefficient (Wildman–Crippen LogP) is -0.877. The van der Waals surface area contributed by atoms with Crippen LogP contribution in [0.25, 0.3) is 0 Å². The Morgan fingerprint density at radius 1 is 0.950 bits per heavy atom. The molecule has 3 atom stereocenters. The van der Waals surface area contributed by atoms with Gasteiger partial charge >= 0.3 is 17.9 Å². The molecule has 20 heavy (non-hydrogen) atoms. The maximum Gasteiger partial charge on any atom is 0.303 e. The summed E-state index contributed by atoms with van der Waals surface area (Å²) in [6, 6.07) is 0. The maximum atomic E-state index is 11.1. The van der Waals surface area contributed by atoms with E-state index in [1.807, 2.05) is 0 Å². The van der Waals surface area contributed by atoms with E-state index in [0.717, 1.165) is 13.8 Å². The summed E-state index contributed by atoms with van der Waals surface area (Å²) in [4.78, 5) is 33.2. The number of hydrogen-bond acceptors (Lipinski definition) is 8. The van der Waals surface area contributed by atoms with E-state index >= 15 is 0 Å². The second-order valence-corrected chi connectivity index (χ2v) is 4.13. The minimum Gasteiger partial charge on any atom is -0.458 e. The Hall–Kier alpha value is -1.67. The first-order valence-corrected chi connectivity index (χ1v) is 6.14. The number of ether oxygens (including phenoxy) is 3. The molecule has 0 rings (SSSR count). The molecule has 0 spiro atoms. The SMILES string of the molecule is CC(=O)OC(CO)C(OC(C)=O)C(CCN)OC(C)=O. The molecule has 0 aliphatic rings. The van der Waals surface area contributed by atoms with Crippen molar-refractivity contribution < 1.29 is 33.7 Å². The minimum absolute atomic E-state index is 0.161. The molecule has 0 fully saturated rings. The fourth-order valence-electron chi connectivity index (χ4n) is 1.67. The Morgan fingerprint density at radius 3 is 1.75 bits per heavy atom. The van der Waals surface area contributed by atoms with Gasteiger partial charge in [-0.3, -0.25) is 14.4 Å². The summed E-state index contributed by atoms with van der Waals surface area (Å²) in [5.41, 5.74) is 5.41. The van der Waals surface area contributed by atoms with Crippen molar-refractivity contribution in [2.45, 2.75) is 45.5 Å². The Balaban J connectivity index is 5.16. The van der Waals surface area contributed by atoms with Crippen molar-refractivity contribution in [3.8, 4) is 0 Å². The largest absolute Gasteiger partial charge is 0.458 e. The van der Waals surface area contributed by atoms with Crippen LogP contribution in [0.4, 0.5) is 0 Å². The Bertz CT molecular complexity index is 345. The van der Waals surface area contributed by atoms with E-state index in [4.69, 9.17) is 19.9 Å². The van der Waals surface area contributed by atoms with Crippen LogP contribution in [0.3, 0.4) is 0 Å². The number of carbonyl (C=O) groups excluding carboxylic acids is 3. The quantitative estimate of drug-likeness (QED) is 0.436. The highest BCUT2D eigenvalue weighted by molar-refractivity contribution is 5.68. The molecule has 0 saturated carbocycles. The van der Waals surface area contributed by atoms with Crippen LogP contribution in [-0.4, -0.2) is 54.5 Å². The normalized spacial score (nSPS) is 14.8. The molecule has 3 N–H and O–H groups in total. The van der Waals surface area contributed by atoms with Gasteiger partial charge < -0.3 is 25.1 Å². The van der Waals surface area contributed by atoms with Gasteiger partial charge in [-0.2, -0.15) is 0 Å². The molecule has 0 amide bonds. The smallest absolute Gasteiger partial charge is 0.303 e. The van der Waals surface area contributed by atoms with Crippen LogP contribution in [0.5, 0.6) is 0 Å². The highest BCUT2D eigenvalue weighted by Gasteiger charge is 2.36. The van der Waals surface area contributed by atoms with E-state index in [0.29, 0.717) is 0 Å². The summed E-state index contributed by atoms with van der Waals surface area (Å²) >= 11 is 0. The van der Waals surface area contributed by atoms with Gasteiger partial charge in [-0.25, -0.2) is 0 Å². The van der Waals surface area contributed by atoms with Crippen molar-refractivity contribution in [1.82, 2.24) is 0 Å². The Labute approximate surface area is 117 Å². The van der Waals surface area contributed by atoms with E-state index in [9.17, 15) is 19.5 Å². The molecule has 0 bridgehead atoms. The average Bonchev–Trinajstić information content (AvgIpc) is 2.31. The lowest BCUT2D eigenvalue weighted by atomic mass is 10.0. The number of esters is 3. The number of rotatable bonds is 8. The molecular weight excluding hydrogens is 270 g/mol. The molecule has 0 aromatic rings. The Kier molecular flexibility index (Phi) is 8.49. The Morgan fingerprint density at radius 2 is 1.40 bits per heavy atom. The zero-order valence-electron chi connectivity index (χ0n) is 11.8. The highest BCUT2D eigenvalue weighted by atomic mass is 16.6. The number of hydrogen-bond donors (Lipinski definition) is 2. The highest BCUT2D eigenvalue weighted by Crippen LogP contribution is 2.16. The third-order valence-corrected chi connectivity index (χ3v) is 2.30. The van der Waals surface area contributed by atoms with Crippen LogP contribution in [-0.2, 0) is 28.6 Å². The van der Waals surface area contributed by atoms with Gasteiger partial charge in [-0.15, -0.1) is 0 Å². The maximum absolute atomic E-state index is 11.1. The molecule has 0 aromatic carbocycles. The molecule has 0 saturated heterocycles. The molecule has 0 heterocycles. The first-order valence-electron chi connectivity index (χ1n) is 6.14. The summed E-state index contributed by atoms with van der Waals surface area (Å²) < 4.78 is 14.9. The van der Waals surface area contributed by atoms with Crippen molar-refractivity contribution in [2.75, 3.05) is 13.2 Å². The van der Waals surface area contributed by atoms with Crippen molar-refractivity contribution in [3.63, 3.8) is 0 Å². The van der Waals surface area contributed by atoms with Crippen molar-refractivity contribution in [3.05, 3.63) is 0 Å². The van der Waals surface area contributed by atoms with Crippen LogP contribution in [0.2, 0.25) is 0 Å². The standard InChI is InChI=1S/C12H21NO7/c1-7(15)18-10(4-5-13)12(20-9(3)17)11(6-14)19-8(2)16/h10-12,14H,4-6,13H2,1-3H3. The lowest BCUT2D eigenvalue weighted by Crippen LogP contribution is -2.47. The molecule has 0 aliphatic carbocycles. The fraction of sp³-hybridized carbons (Fsp3) is 0.750. The van der Waals surface area contributed by atoms with Gasteiger partial charge in [0.2, 0.25) is 0 Å². The van der Waals surface area contributed by atoms with Gasteiger partial charge in [0, 0.05) is 27.2 Å². The van der Waals surface area contributed by atoms with Gasteiger partial charge in [-0.1, -0.05) is 0 Å². The molecule has 8 nitrogen and oxygen atoms in total. The number of carbonyl (C=O) groups is 3. The third-order valence-electron chi connectivity index (χ3n) is 2.30. The topological polar surface area (TPSA) is 125 Å². The fourth-order valence-corrected chi connectivity index (χ4v) is 1.67. The van der Waals surface area contributed by atoms with E-state index < -0.39 is 42.8 Å². The van der Waals surface area contributed by atoms with Crippen molar-refractivity contribution in [1.29, 1.82) is 0 Å². The molecule has 8 heteroatoms. The van der Waals surface area contributed by atoms with E-state index in [1.165, 1.54) is 6.92 Å². The van der Waals surface area contributed by atoms with Crippen LogP contribution in [0, 0.1) is 0 Å². The molecule has 0 aliphatic heterocycles. The third kappa shape index (κ3) is 7.05. The molecule has 0 radical (unpaired) electrons. The van der Waals surface area contributed by atoms with Crippen molar-refractivity contribution >= 4 is 17.9 Å². The van der Waals surface area contributed by atoms with Gasteiger partial charge in [0.05, 0.1) is 6.61 Å². The molecule has 3 unspecified atom stereocenters. The first kappa shape index (κ1) is 18.3. The second kappa shape index (κ2) is 9.27. The summed E-state index contributed by atoms with van der Waals surface area (Å²) in [6.45, 7) is 3.07. The van der Waals surface area contributed by atoms with Crippen LogP contribution in [0.15, 0.2) is 0 Å². The van der Waals surface area contributed by atoms with E-state index in [2.05, 4.69) is 0 Å².